The van der Waals surface area contributed by atoms with Crippen LogP contribution in [0.1, 0.15) is 11.3 Å². The molecule has 2 N–H and O–H groups in total. The number of aryl methyl sites for hydroxylation is 1. The van der Waals surface area contributed by atoms with Gasteiger partial charge in [-0.1, -0.05) is 11.8 Å². The van der Waals surface area contributed by atoms with Crippen LogP contribution < -0.4 is 5.73 Å². The number of anilines is 1. The quantitative estimate of drug-likeness (QED) is 0.795. The van der Waals surface area contributed by atoms with Gasteiger partial charge in [-0.3, -0.25) is 0 Å². The number of thioether (sulfide) groups is 1. The molecule has 6 heteroatoms. The summed E-state index contributed by atoms with van der Waals surface area (Å²) in [5.74, 6) is 1.87. The maximum absolute atomic E-state index is 5.44. The van der Waals surface area contributed by atoms with Crippen molar-refractivity contribution in [1.82, 2.24) is 15.0 Å². The Morgan fingerprint density at radius 2 is 2.33 bits per heavy atom. The number of furan rings is 1. The average Bonchev–Trinajstić information content (AvgIpc) is 2.61. The molecule has 0 saturated heterocycles. The van der Waals surface area contributed by atoms with E-state index in [0.29, 0.717) is 10.9 Å². The van der Waals surface area contributed by atoms with Crippen LogP contribution >= 0.6 is 11.8 Å². The van der Waals surface area contributed by atoms with E-state index in [9.17, 15) is 0 Å². The minimum Gasteiger partial charge on any atom is -0.468 e. The van der Waals surface area contributed by atoms with Gasteiger partial charge in [0.15, 0.2) is 5.16 Å². The monoisotopic (exact) mass is 222 g/mol. The highest BCUT2D eigenvalue weighted by Gasteiger charge is 2.04. The van der Waals surface area contributed by atoms with E-state index in [1.165, 1.54) is 18.1 Å². The summed E-state index contributed by atoms with van der Waals surface area (Å²) in [5, 5.41) is 0.610. The third kappa shape index (κ3) is 2.47. The second kappa shape index (κ2) is 4.31. The molecule has 78 valence electrons. The Labute approximate surface area is 91.1 Å². The molecule has 0 bridgehead atoms. The summed E-state index contributed by atoms with van der Waals surface area (Å²) < 4.78 is 5.29. The molecule has 0 radical (unpaired) electrons. The van der Waals surface area contributed by atoms with Crippen LogP contribution in [-0.2, 0) is 5.75 Å². The molecule has 0 fully saturated rings. The van der Waals surface area contributed by atoms with Crippen LogP contribution in [0, 0.1) is 6.92 Å². The Bertz CT molecular complexity index is 457. The Morgan fingerprint density at radius 3 is 3.00 bits per heavy atom. The zero-order chi connectivity index (χ0) is 10.7. The zero-order valence-corrected chi connectivity index (χ0v) is 8.99. The first-order chi connectivity index (χ1) is 7.25. The lowest BCUT2D eigenvalue weighted by atomic mass is 10.3. The van der Waals surface area contributed by atoms with Gasteiger partial charge in [-0.25, -0.2) is 9.97 Å². The van der Waals surface area contributed by atoms with E-state index in [-0.39, 0.29) is 5.95 Å². The van der Waals surface area contributed by atoms with Gasteiger partial charge in [-0.05, 0) is 18.6 Å². The van der Waals surface area contributed by atoms with Gasteiger partial charge < -0.3 is 10.2 Å². The summed E-state index contributed by atoms with van der Waals surface area (Å²) in [4.78, 5) is 11.7. The number of nitrogens with zero attached hydrogens (tertiary/aromatic N) is 3. The molecule has 0 unspecified atom stereocenters. The summed E-state index contributed by atoms with van der Waals surface area (Å²) in [7, 11) is 0. The number of nitrogens with two attached hydrogens (primary N) is 1. The number of hydrogen-bond acceptors (Lipinski definition) is 6. The highest BCUT2D eigenvalue weighted by Crippen LogP contribution is 2.21. The van der Waals surface area contributed by atoms with Crippen LogP contribution in [0.25, 0.3) is 0 Å². The highest BCUT2D eigenvalue weighted by atomic mass is 32.2. The molecule has 2 aromatic heterocycles. The van der Waals surface area contributed by atoms with Crippen molar-refractivity contribution >= 4 is 17.7 Å². The molecule has 0 amide bonds. The fourth-order valence-corrected chi connectivity index (χ4v) is 1.88. The second-order valence-corrected chi connectivity index (χ2v) is 3.88. The molecular weight excluding hydrogens is 212 g/mol. The molecule has 0 aliphatic carbocycles. The van der Waals surface area contributed by atoms with E-state index in [1.807, 2.05) is 13.0 Å². The van der Waals surface area contributed by atoms with Crippen LogP contribution in [0.2, 0.25) is 0 Å². The fourth-order valence-electron chi connectivity index (χ4n) is 1.04. The number of nitrogen functional groups attached to an aromatic ring is 1. The number of hydrogen-bond donors (Lipinski definition) is 1. The lowest BCUT2D eigenvalue weighted by Gasteiger charge is -1.98. The molecule has 5 nitrogen and oxygen atoms in total. The summed E-state index contributed by atoms with van der Waals surface area (Å²) >= 11 is 1.47. The van der Waals surface area contributed by atoms with E-state index in [2.05, 4.69) is 15.0 Å². The van der Waals surface area contributed by atoms with Crippen molar-refractivity contribution < 1.29 is 4.42 Å². The second-order valence-electron chi connectivity index (χ2n) is 2.94. The zero-order valence-electron chi connectivity index (χ0n) is 8.17. The first-order valence-electron chi connectivity index (χ1n) is 4.36. The summed E-state index contributed by atoms with van der Waals surface area (Å²) in [5.41, 5.74) is 6.57. The van der Waals surface area contributed by atoms with E-state index < -0.39 is 0 Å². The predicted molar refractivity (Wildman–Crippen MR) is 57.2 cm³/mol. The standard InChI is InChI=1S/C9H10N4OS/c1-6-2-3-14-7(6)4-15-9-12-5-11-8(10)13-9/h2-3,5H,4H2,1H3,(H2,10,11,12,13). The van der Waals surface area contributed by atoms with Gasteiger partial charge >= 0.3 is 0 Å². The van der Waals surface area contributed by atoms with Gasteiger partial charge in [0, 0.05) is 0 Å². The minimum atomic E-state index is 0.240. The molecule has 2 heterocycles. The average molecular weight is 222 g/mol. The molecule has 15 heavy (non-hydrogen) atoms. The third-order valence-corrected chi connectivity index (χ3v) is 2.73. The fraction of sp³-hybridized carbons (Fsp3) is 0.222. The minimum absolute atomic E-state index is 0.240. The van der Waals surface area contributed by atoms with Crippen LogP contribution in [-0.4, -0.2) is 15.0 Å². The summed E-state index contributed by atoms with van der Waals surface area (Å²) in [6, 6.07) is 1.93. The number of rotatable bonds is 3. The van der Waals surface area contributed by atoms with E-state index in [4.69, 9.17) is 10.2 Å². The van der Waals surface area contributed by atoms with Gasteiger partial charge in [0.25, 0.3) is 0 Å². The Kier molecular flexibility index (Phi) is 2.86. The SMILES string of the molecule is Cc1ccoc1CSc1ncnc(N)n1. The molecule has 2 aromatic rings. The van der Waals surface area contributed by atoms with Gasteiger partial charge in [-0.2, -0.15) is 4.98 Å². The van der Waals surface area contributed by atoms with Gasteiger partial charge in [0.05, 0.1) is 12.0 Å². The van der Waals surface area contributed by atoms with Gasteiger partial charge in [0.2, 0.25) is 5.95 Å². The first kappa shape index (κ1) is 9.97. The molecule has 2 rings (SSSR count). The van der Waals surface area contributed by atoms with E-state index in [1.54, 1.807) is 6.26 Å². The van der Waals surface area contributed by atoms with Crippen LogP contribution in [0.4, 0.5) is 5.95 Å². The van der Waals surface area contributed by atoms with Crippen LogP contribution in [0.3, 0.4) is 0 Å². The van der Waals surface area contributed by atoms with E-state index >= 15 is 0 Å². The normalized spacial score (nSPS) is 10.5. The molecule has 0 saturated carbocycles. The van der Waals surface area contributed by atoms with Crippen molar-refractivity contribution in [2.24, 2.45) is 0 Å². The summed E-state index contributed by atoms with van der Waals surface area (Å²) in [6.45, 7) is 2.00. The van der Waals surface area contributed by atoms with Crippen molar-refractivity contribution in [3.8, 4) is 0 Å². The third-order valence-electron chi connectivity index (χ3n) is 1.87. The Morgan fingerprint density at radius 1 is 1.47 bits per heavy atom. The molecule has 0 spiro atoms. The molecule has 0 atom stereocenters. The topological polar surface area (TPSA) is 77.8 Å². The van der Waals surface area contributed by atoms with Gasteiger partial charge in [-0.15, -0.1) is 0 Å². The Hall–Kier alpha value is -1.56. The van der Waals surface area contributed by atoms with Crippen molar-refractivity contribution in [1.29, 1.82) is 0 Å². The molecule has 0 aromatic carbocycles. The maximum atomic E-state index is 5.44. The van der Waals surface area contributed by atoms with Gasteiger partial charge in [0.1, 0.15) is 12.1 Å². The molecule has 0 aliphatic rings. The molecule has 0 aliphatic heterocycles. The van der Waals surface area contributed by atoms with E-state index in [0.717, 1.165) is 11.3 Å². The van der Waals surface area contributed by atoms with Crippen LogP contribution in [0.5, 0.6) is 0 Å². The molecular formula is C9H10N4OS. The first-order valence-corrected chi connectivity index (χ1v) is 5.34. The highest BCUT2D eigenvalue weighted by molar-refractivity contribution is 7.98. The number of aromatic nitrogens is 3. The smallest absolute Gasteiger partial charge is 0.223 e. The summed E-state index contributed by atoms with van der Waals surface area (Å²) in [6.07, 6.45) is 3.08. The lowest BCUT2D eigenvalue weighted by molar-refractivity contribution is 0.527. The van der Waals surface area contributed by atoms with Crippen LogP contribution in [0.15, 0.2) is 28.2 Å². The van der Waals surface area contributed by atoms with Crippen molar-refractivity contribution in [3.05, 3.63) is 30.0 Å². The maximum Gasteiger partial charge on any atom is 0.223 e. The predicted octanol–water partition coefficient (Wildman–Crippen LogP) is 1.65. The lowest BCUT2D eigenvalue weighted by Crippen LogP contribution is -1.97. The Balaban J connectivity index is 2.02. The van der Waals surface area contributed by atoms with Crippen molar-refractivity contribution in [2.45, 2.75) is 17.8 Å². The largest absolute Gasteiger partial charge is 0.468 e. The van der Waals surface area contributed by atoms with Crippen molar-refractivity contribution in [3.63, 3.8) is 0 Å². The van der Waals surface area contributed by atoms with Crippen molar-refractivity contribution in [2.75, 3.05) is 5.73 Å².